The standard InChI is InChI=1S/C21H21N3O7S/c1-21(2,3)31-20(27)16-13-7-14(30-9-15(13)32-17(16)22)19(26)23-8-10-4-5-11(24(28)29)6-12(10)18(23)25/h4-6,14H,7-9,22H2,1-3H3. The first-order chi connectivity index (χ1) is 15.0. The Hall–Kier alpha value is -3.31. The van der Waals surface area contributed by atoms with E-state index in [0.29, 0.717) is 11.1 Å². The van der Waals surface area contributed by atoms with E-state index in [9.17, 15) is 24.5 Å². The van der Waals surface area contributed by atoms with Crippen molar-refractivity contribution < 1.29 is 28.8 Å². The number of rotatable bonds is 3. The fraction of sp³-hybridized carbons (Fsp3) is 0.381. The third kappa shape index (κ3) is 3.84. The van der Waals surface area contributed by atoms with Gasteiger partial charge in [0.05, 0.1) is 29.2 Å². The Morgan fingerprint density at radius 3 is 2.72 bits per heavy atom. The van der Waals surface area contributed by atoms with Gasteiger partial charge >= 0.3 is 5.97 Å². The number of ether oxygens (including phenoxy) is 2. The molecule has 168 valence electrons. The van der Waals surface area contributed by atoms with Crippen LogP contribution in [0.4, 0.5) is 10.7 Å². The maximum atomic E-state index is 13.1. The number of hydrogen-bond donors (Lipinski definition) is 1. The highest BCUT2D eigenvalue weighted by Crippen LogP contribution is 2.38. The van der Waals surface area contributed by atoms with Crippen LogP contribution in [-0.2, 0) is 33.8 Å². The summed E-state index contributed by atoms with van der Waals surface area (Å²) in [6.07, 6.45) is -0.928. The number of anilines is 1. The number of benzene rings is 1. The van der Waals surface area contributed by atoms with Crippen molar-refractivity contribution in [3.63, 3.8) is 0 Å². The van der Waals surface area contributed by atoms with E-state index >= 15 is 0 Å². The molecule has 10 nitrogen and oxygen atoms in total. The molecule has 3 heterocycles. The van der Waals surface area contributed by atoms with Gasteiger partial charge in [-0.3, -0.25) is 24.6 Å². The Balaban J connectivity index is 1.56. The molecule has 0 saturated carbocycles. The van der Waals surface area contributed by atoms with Gasteiger partial charge in [0, 0.05) is 23.4 Å². The third-order valence-electron chi connectivity index (χ3n) is 5.18. The maximum absolute atomic E-state index is 13.1. The summed E-state index contributed by atoms with van der Waals surface area (Å²) in [5.74, 6) is -1.75. The molecule has 0 radical (unpaired) electrons. The second-order valence-electron chi connectivity index (χ2n) is 8.58. The van der Waals surface area contributed by atoms with Crippen molar-refractivity contribution in [3.8, 4) is 0 Å². The van der Waals surface area contributed by atoms with Crippen LogP contribution in [0.15, 0.2) is 18.2 Å². The Kier molecular flexibility index (Phi) is 5.25. The molecule has 2 aromatic rings. The summed E-state index contributed by atoms with van der Waals surface area (Å²) in [5, 5.41) is 11.3. The summed E-state index contributed by atoms with van der Waals surface area (Å²) >= 11 is 1.21. The van der Waals surface area contributed by atoms with Crippen LogP contribution in [-0.4, -0.2) is 39.3 Å². The summed E-state index contributed by atoms with van der Waals surface area (Å²) in [6, 6.07) is 3.94. The fourth-order valence-electron chi connectivity index (χ4n) is 3.75. The lowest BCUT2D eigenvalue weighted by atomic mass is 10.00. The van der Waals surface area contributed by atoms with Crippen molar-refractivity contribution in [2.75, 3.05) is 5.73 Å². The van der Waals surface area contributed by atoms with Crippen molar-refractivity contribution in [1.82, 2.24) is 4.90 Å². The van der Waals surface area contributed by atoms with Crippen molar-refractivity contribution in [1.29, 1.82) is 0 Å². The van der Waals surface area contributed by atoms with Gasteiger partial charge in [-0.15, -0.1) is 11.3 Å². The number of nitro groups is 1. The van der Waals surface area contributed by atoms with Crippen LogP contribution in [0, 0.1) is 10.1 Å². The van der Waals surface area contributed by atoms with E-state index < -0.39 is 34.4 Å². The van der Waals surface area contributed by atoms with Crippen molar-refractivity contribution in [3.05, 3.63) is 55.4 Å². The number of nitrogens with two attached hydrogens (primary N) is 1. The highest BCUT2D eigenvalue weighted by molar-refractivity contribution is 7.16. The molecule has 1 unspecified atom stereocenters. The Bertz CT molecular complexity index is 1160. The minimum atomic E-state index is -0.995. The molecule has 2 aliphatic heterocycles. The van der Waals surface area contributed by atoms with Gasteiger partial charge in [0.1, 0.15) is 16.7 Å². The van der Waals surface area contributed by atoms with E-state index in [1.165, 1.54) is 29.5 Å². The molecule has 0 bridgehead atoms. The molecule has 0 fully saturated rings. The van der Waals surface area contributed by atoms with E-state index in [1.807, 2.05) is 0 Å². The lowest BCUT2D eigenvalue weighted by Crippen LogP contribution is -2.43. The minimum absolute atomic E-state index is 0.00239. The van der Waals surface area contributed by atoms with E-state index in [-0.39, 0.29) is 41.4 Å². The smallest absolute Gasteiger partial charge is 0.341 e. The average molecular weight is 459 g/mol. The second kappa shape index (κ2) is 7.68. The summed E-state index contributed by atoms with van der Waals surface area (Å²) in [5.41, 5.74) is 6.59. The molecule has 1 aromatic carbocycles. The number of thiophene rings is 1. The first-order valence-electron chi connectivity index (χ1n) is 9.84. The van der Waals surface area contributed by atoms with Gasteiger partial charge < -0.3 is 15.2 Å². The summed E-state index contributed by atoms with van der Waals surface area (Å²) in [7, 11) is 0. The SMILES string of the molecule is CC(C)(C)OC(=O)c1c(N)sc2c1CC(C(=O)N1Cc3ccc([N+](=O)[O-])cc3C1=O)OC2. The van der Waals surface area contributed by atoms with E-state index in [0.717, 1.165) is 9.78 Å². The number of hydrogen-bond acceptors (Lipinski definition) is 9. The fourth-order valence-corrected chi connectivity index (χ4v) is 4.76. The average Bonchev–Trinajstić information content (AvgIpc) is 3.21. The highest BCUT2D eigenvalue weighted by Gasteiger charge is 2.40. The number of nitro benzene ring substituents is 1. The van der Waals surface area contributed by atoms with Crippen LogP contribution in [0.1, 0.15) is 57.5 Å². The zero-order chi connectivity index (χ0) is 23.4. The number of carbonyl (C=O) groups is 3. The van der Waals surface area contributed by atoms with Gasteiger partial charge in [-0.2, -0.15) is 0 Å². The lowest BCUT2D eigenvalue weighted by molar-refractivity contribution is -0.384. The Morgan fingerprint density at radius 2 is 2.06 bits per heavy atom. The molecule has 1 atom stereocenters. The molecule has 32 heavy (non-hydrogen) atoms. The number of fused-ring (bicyclic) bond motifs is 2. The highest BCUT2D eigenvalue weighted by atomic mass is 32.1. The van der Waals surface area contributed by atoms with E-state index in [2.05, 4.69) is 0 Å². The molecule has 2 N–H and O–H groups in total. The number of non-ortho nitro benzene ring substituents is 1. The summed E-state index contributed by atoms with van der Waals surface area (Å²) in [6.45, 7) is 5.31. The van der Waals surface area contributed by atoms with Crippen molar-refractivity contribution in [2.45, 2.75) is 52.0 Å². The molecule has 4 rings (SSSR count). The van der Waals surface area contributed by atoms with Crippen LogP contribution in [0.2, 0.25) is 0 Å². The van der Waals surface area contributed by atoms with Gasteiger partial charge in [-0.1, -0.05) is 0 Å². The van der Waals surface area contributed by atoms with Gasteiger partial charge in [-0.05, 0) is 38.0 Å². The number of carbonyl (C=O) groups excluding carboxylic acids is 3. The molecule has 0 saturated heterocycles. The monoisotopic (exact) mass is 459 g/mol. The number of nitrogens with zero attached hydrogens (tertiary/aromatic N) is 2. The van der Waals surface area contributed by atoms with Crippen LogP contribution in [0.3, 0.4) is 0 Å². The second-order valence-corrected chi connectivity index (χ2v) is 9.71. The van der Waals surface area contributed by atoms with Crippen molar-refractivity contribution >= 4 is 39.8 Å². The third-order valence-corrected chi connectivity index (χ3v) is 6.21. The van der Waals surface area contributed by atoms with Crippen molar-refractivity contribution in [2.24, 2.45) is 0 Å². The minimum Gasteiger partial charge on any atom is -0.456 e. The quantitative estimate of drug-likeness (QED) is 0.320. The molecule has 0 aliphatic carbocycles. The predicted molar refractivity (Wildman–Crippen MR) is 114 cm³/mol. The van der Waals surface area contributed by atoms with Crippen LogP contribution >= 0.6 is 11.3 Å². The van der Waals surface area contributed by atoms with Gasteiger partial charge in [0.15, 0.2) is 0 Å². The number of esters is 1. The van der Waals surface area contributed by atoms with Crippen LogP contribution in [0.5, 0.6) is 0 Å². The Labute approximate surface area is 187 Å². The zero-order valence-electron chi connectivity index (χ0n) is 17.7. The topological polar surface area (TPSA) is 142 Å². The van der Waals surface area contributed by atoms with Crippen LogP contribution < -0.4 is 5.73 Å². The molecular weight excluding hydrogens is 438 g/mol. The molecule has 2 amide bonds. The van der Waals surface area contributed by atoms with Crippen LogP contribution in [0.25, 0.3) is 0 Å². The van der Waals surface area contributed by atoms with Gasteiger partial charge in [0.25, 0.3) is 17.5 Å². The predicted octanol–water partition coefficient (Wildman–Crippen LogP) is 2.82. The first-order valence-corrected chi connectivity index (χ1v) is 10.7. The molecule has 11 heteroatoms. The summed E-state index contributed by atoms with van der Waals surface area (Å²) < 4.78 is 11.1. The number of imide groups is 1. The number of nitrogen functional groups attached to an aromatic ring is 1. The molecule has 1 aromatic heterocycles. The number of amides is 2. The largest absolute Gasteiger partial charge is 0.456 e. The lowest BCUT2D eigenvalue weighted by Gasteiger charge is -2.26. The Morgan fingerprint density at radius 1 is 1.34 bits per heavy atom. The maximum Gasteiger partial charge on any atom is 0.341 e. The first kappa shape index (κ1) is 21.9. The normalized spacial score (nSPS) is 17.7. The zero-order valence-corrected chi connectivity index (χ0v) is 18.5. The van der Waals surface area contributed by atoms with E-state index in [4.69, 9.17) is 15.2 Å². The molecule has 2 aliphatic rings. The van der Waals surface area contributed by atoms with E-state index in [1.54, 1.807) is 20.8 Å². The summed E-state index contributed by atoms with van der Waals surface area (Å²) in [4.78, 5) is 50.8. The van der Waals surface area contributed by atoms with Gasteiger partial charge in [0.2, 0.25) is 0 Å². The molecule has 0 spiro atoms. The molecular formula is C21H21N3O7S. The van der Waals surface area contributed by atoms with Gasteiger partial charge in [-0.25, -0.2) is 4.79 Å².